The van der Waals surface area contributed by atoms with Crippen LogP contribution in [0.5, 0.6) is 0 Å². The molecule has 0 spiro atoms. The van der Waals surface area contributed by atoms with Gasteiger partial charge in [-0.15, -0.1) is 0 Å². The molecule has 0 saturated carbocycles. The summed E-state index contributed by atoms with van der Waals surface area (Å²) in [5, 5.41) is 6.56. The van der Waals surface area contributed by atoms with Crippen LogP contribution in [-0.2, 0) is 6.18 Å². The van der Waals surface area contributed by atoms with E-state index in [-0.39, 0.29) is 11.6 Å². The smallest absolute Gasteiger partial charge is 0.319 e. The van der Waals surface area contributed by atoms with E-state index in [0.717, 1.165) is 12.1 Å². The molecule has 0 unspecified atom stereocenters. The van der Waals surface area contributed by atoms with E-state index in [0.29, 0.717) is 5.69 Å². The van der Waals surface area contributed by atoms with Crippen molar-refractivity contribution in [3.63, 3.8) is 0 Å². The molecule has 0 aliphatic heterocycles. The van der Waals surface area contributed by atoms with E-state index in [1.165, 1.54) is 18.3 Å². The van der Waals surface area contributed by atoms with E-state index in [2.05, 4.69) is 10.4 Å². The topological polar surface area (TPSA) is 46.9 Å². The van der Waals surface area contributed by atoms with E-state index in [1.807, 2.05) is 13.8 Å². The number of nitrogens with one attached hydrogen (secondary N) is 1. The van der Waals surface area contributed by atoms with Gasteiger partial charge in [-0.3, -0.25) is 9.48 Å². The standard InChI is InChI=1S/C14H14F3N3O/c1-9(2)20-8-12(7-18-20)19-13(21)10-4-3-5-11(6-10)14(15,16)17/h3-9H,1-2H3,(H,19,21). The number of rotatable bonds is 3. The molecule has 1 amide bonds. The zero-order chi connectivity index (χ0) is 15.6. The molecule has 1 heterocycles. The normalized spacial score (nSPS) is 11.7. The van der Waals surface area contributed by atoms with E-state index < -0.39 is 17.6 Å². The first-order chi connectivity index (χ1) is 9.77. The van der Waals surface area contributed by atoms with E-state index in [1.54, 1.807) is 10.9 Å². The van der Waals surface area contributed by atoms with Crippen LogP contribution in [0, 0.1) is 0 Å². The molecule has 7 heteroatoms. The highest BCUT2D eigenvalue weighted by atomic mass is 19.4. The van der Waals surface area contributed by atoms with Gasteiger partial charge in [0.2, 0.25) is 0 Å². The Morgan fingerprint density at radius 3 is 2.62 bits per heavy atom. The maximum atomic E-state index is 12.6. The Labute approximate surface area is 119 Å². The zero-order valence-electron chi connectivity index (χ0n) is 11.5. The fourth-order valence-electron chi connectivity index (χ4n) is 1.73. The second-order valence-corrected chi connectivity index (χ2v) is 4.84. The zero-order valence-corrected chi connectivity index (χ0v) is 11.5. The van der Waals surface area contributed by atoms with Crippen LogP contribution in [0.15, 0.2) is 36.7 Å². The van der Waals surface area contributed by atoms with Gasteiger partial charge < -0.3 is 5.32 Å². The predicted molar refractivity (Wildman–Crippen MR) is 72.0 cm³/mol. The van der Waals surface area contributed by atoms with Gasteiger partial charge in [0.15, 0.2) is 0 Å². The van der Waals surface area contributed by atoms with Crippen LogP contribution < -0.4 is 5.32 Å². The Morgan fingerprint density at radius 1 is 1.33 bits per heavy atom. The van der Waals surface area contributed by atoms with Gasteiger partial charge in [-0.05, 0) is 32.0 Å². The predicted octanol–water partition coefficient (Wildman–Crippen LogP) is 3.74. The summed E-state index contributed by atoms with van der Waals surface area (Å²) in [6.45, 7) is 3.84. The first-order valence-electron chi connectivity index (χ1n) is 6.30. The molecule has 1 N–H and O–H groups in total. The van der Waals surface area contributed by atoms with Crippen LogP contribution in [0.2, 0.25) is 0 Å². The molecule has 112 valence electrons. The summed E-state index contributed by atoms with van der Waals surface area (Å²) in [5.74, 6) is -0.607. The molecule has 0 aliphatic rings. The van der Waals surface area contributed by atoms with Crippen LogP contribution in [0.4, 0.5) is 18.9 Å². The fraction of sp³-hybridized carbons (Fsp3) is 0.286. The average Bonchev–Trinajstić information content (AvgIpc) is 2.86. The summed E-state index contributed by atoms with van der Waals surface area (Å²) in [6, 6.07) is 4.41. The lowest BCUT2D eigenvalue weighted by Crippen LogP contribution is -2.13. The summed E-state index contributed by atoms with van der Waals surface area (Å²) >= 11 is 0. The molecule has 21 heavy (non-hydrogen) atoms. The Balaban J connectivity index is 2.16. The minimum atomic E-state index is -4.47. The largest absolute Gasteiger partial charge is 0.416 e. The van der Waals surface area contributed by atoms with Crippen LogP contribution in [0.3, 0.4) is 0 Å². The van der Waals surface area contributed by atoms with Crippen molar-refractivity contribution in [1.82, 2.24) is 9.78 Å². The first kappa shape index (κ1) is 15.1. The lowest BCUT2D eigenvalue weighted by atomic mass is 10.1. The summed E-state index contributed by atoms with van der Waals surface area (Å²) in [6.07, 6.45) is -1.40. The summed E-state index contributed by atoms with van der Waals surface area (Å²) in [5.41, 5.74) is -0.471. The molecule has 2 rings (SSSR count). The van der Waals surface area contributed by atoms with Gasteiger partial charge in [-0.2, -0.15) is 18.3 Å². The number of hydrogen-bond acceptors (Lipinski definition) is 2. The second kappa shape index (κ2) is 5.59. The van der Waals surface area contributed by atoms with Gasteiger partial charge in [-0.25, -0.2) is 0 Å². The lowest BCUT2D eigenvalue weighted by Gasteiger charge is -2.08. The maximum absolute atomic E-state index is 12.6. The van der Waals surface area contributed by atoms with Crippen LogP contribution in [0.1, 0.15) is 35.8 Å². The third kappa shape index (κ3) is 3.62. The van der Waals surface area contributed by atoms with Crippen molar-refractivity contribution in [2.75, 3.05) is 5.32 Å². The number of alkyl halides is 3. The van der Waals surface area contributed by atoms with Gasteiger partial charge in [0.1, 0.15) is 0 Å². The van der Waals surface area contributed by atoms with Crippen LogP contribution >= 0.6 is 0 Å². The van der Waals surface area contributed by atoms with Gasteiger partial charge >= 0.3 is 6.18 Å². The highest BCUT2D eigenvalue weighted by Crippen LogP contribution is 2.29. The van der Waals surface area contributed by atoms with Crippen molar-refractivity contribution in [1.29, 1.82) is 0 Å². The number of nitrogens with zero attached hydrogens (tertiary/aromatic N) is 2. The third-order valence-electron chi connectivity index (χ3n) is 2.84. The fourth-order valence-corrected chi connectivity index (χ4v) is 1.73. The molecule has 4 nitrogen and oxygen atoms in total. The average molecular weight is 297 g/mol. The lowest BCUT2D eigenvalue weighted by molar-refractivity contribution is -0.137. The number of hydrogen-bond donors (Lipinski definition) is 1. The van der Waals surface area contributed by atoms with E-state index in [4.69, 9.17) is 0 Å². The SMILES string of the molecule is CC(C)n1cc(NC(=O)c2cccc(C(F)(F)F)c2)cn1. The highest BCUT2D eigenvalue weighted by molar-refractivity contribution is 6.04. The summed E-state index contributed by atoms with van der Waals surface area (Å²) in [4.78, 5) is 12.0. The molecule has 1 aromatic carbocycles. The van der Waals surface area contributed by atoms with Crippen molar-refractivity contribution in [2.24, 2.45) is 0 Å². The maximum Gasteiger partial charge on any atom is 0.416 e. The van der Waals surface area contributed by atoms with Crippen molar-refractivity contribution >= 4 is 11.6 Å². The monoisotopic (exact) mass is 297 g/mol. The number of halogens is 3. The minimum Gasteiger partial charge on any atom is -0.319 e. The number of carbonyl (C=O) groups is 1. The Morgan fingerprint density at radius 2 is 2.05 bits per heavy atom. The molecule has 2 aromatic rings. The number of anilines is 1. The molecule has 0 saturated heterocycles. The van der Waals surface area contributed by atoms with Gasteiger partial charge in [0.05, 0.1) is 17.4 Å². The molecule has 0 aliphatic carbocycles. The third-order valence-corrected chi connectivity index (χ3v) is 2.84. The molecule has 1 aromatic heterocycles. The quantitative estimate of drug-likeness (QED) is 0.938. The van der Waals surface area contributed by atoms with Crippen molar-refractivity contribution in [3.8, 4) is 0 Å². The van der Waals surface area contributed by atoms with Crippen molar-refractivity contribution in [3.05, 3.63) is 47.8 Å². The van der Waals surface area contributed by atoms with Crippen LogP contribution in [0.25, 0.3) is 0 Å². The van der Waals surface area contributed by atoms with Gasteiger partial charge in [-0.1, -0.05) is 6.07 Å². The highest BCUT2D eigenvalue weighted by Gasteiger charge is 2.30. The first-order valence-corrected chi connectivity index (χ1v) is 6.30. The summed E-state index contributed by atoms with van der Waals surface area (Å²) in [7, 11) is 0. The number of benzene rings is 1. The van der Waals surface area contributed by atoms with E-state index >= 15 is 0 Å². The van der Waals surface area contributed by atoms with Crippen LogP contribution in [-0.4, -0.2) is 15.7 Å². The number of aromatic nitrogens is 2. The number of amides is 1. The Kier molecular flexibility index (Phi) is 4.02. The Bertz CT molecular complexity index is 647. The molecular formula is C14H14F3N3O. The molecule has 0 bridgehead atoms. The minimum absolute atomic E-state index is 0.0536. The van der Waals surface area contributed by atoms with E-state index in [9.17, 15) is 18.0 Å². The van der Waals surface area contributed by atoms with Gasteiger partial charge in [0.25, 0.3) is 5.91 Å². The number of carbonyl (C=O) groups excluding carboxylic acids is 1. The molecule has 0 fully saturated rings. The Hall–Kier alpha value is -2.31. The molecule has 0 atom stereocenters. The second-order valence-electron chi connectivity index (χ2n) is 4.84. The summed E-state index contributed by atoms with van der Waals surface area (Å²) < 4.78 is 39.5. The molecule has 0 radical (unpaired) electrons. The van der Waals surface area contributed by atoms with Gasteiger partial charge in [0, 0.05) is 17.8 Å². The molecular weight excluding hydrogens is 283 g/mol. The van der Waals surface area contributed by atoms with Crippen molar-refractivity contribution < 1.29 is 18.0 Å². The van der Waals surface area contributed by atoms with Crippen molar-refractivity contribution in [2.45, 2.75) is 26.1 Å².